The number of nitrogens with one attached hydrogen (secondary N) is 1. The van der Waals surface area contributed by atoms with Gasteiger partial charge in [-0.25, -0.2) is 0 Å². The maximum atomic E-state index is 13.1. The molecule has 9 heteroatoms. The summed E-state index contributed by atoms with van der Waals surface area (Å²) >= 11 is 12.8. The standard InChI is InChI=1S/C27H23ClN2O4S2/c1-3-33-23-14-18(10-13-22(23)34-16-25(31)29-21-7-5-4-6-20(21)28)15-24-26(32)30(27(35)36-24)19-11-8-17(2)9-12-19/h4-15H,3,16H2,1-2H3,(H,29,31)/b24-15-. The largest absolute Gasteiger partial charge is 0.490 e. The molecule has 3 aromatic carbocycles. The van der Waals surface area contributed by atoms with Gasteiger partial charge in [0.2, 0.25) is 0 Å². The summed E-state index contributed by atoms with van der Waals surface area (Å²) in [6.07, 6.45) is 1.77. The number of hydrogen-bond donors (Lipinski definition) is 1. The first-order valence-corrected chi connectivity index (χ1v) is 12.7. The molecule has 0 aromatic heterocycles. The highest BCUT2D eigenvalue weighted by Gasteiger charge is 2.33. The molecule has 184 valence electrons. The molecule has 3 aromatic rings. The Morgan fingerprint density at radius 2 is 1.83 bits per heavy atom. The molecule has 0 unspecified atom stereocenters. The molecule has 6 nitrogen and oxygen atoms in total. The summed E-state index contributed by atoms with van der Waals surface area (Å²) in [6, 6.07) is 19.9. The zero-order valence-electron chi connectivity index (χ0n) is 19.6. The molecule has 1 saturated heterocycles. The molecule has 1 N–H and O–H groups in total. The van der Waals surface area contributed by atoms with E-state index in [0.717, 1.165) is 16.8 Å². The molecule has 36 heavy (non-hydrogen) atoms. The van der Waals surface area contributed by atoms with E-state index in [1.165, 1.54) is 16.7 Å². The van der Waals surface area contributed by atoms with Gasteiger partial charge in [0.25, 0.3) is 11.8 Å². The number of amides is 2. The Kier molecular flexibility index (Phi) is 8.30. The maximum absolute atomic E-state index is 13.1. The summed E-state index contributed by atoms with van der Waals surface area (Å²) in [5.74, 6) is 0.346. The van der Waals surface area contributed by atoms with Crippen LogP contribution in [0.3, 0.4) is 0 Å². The van der Waals surface area contributed by atoms with Crippen molar-refractivity contribution in [3.63, 3.8) is 0 Å². The number of ether oxygens (including phenoxy) is 2. The van der Waals surface area contributed by atoms with Crippen LogP contribution in [0.25, 0.3) is 6.08 Å². The molecule has 1 aliphatic heterocycles. The second-order valence-corrected chi connectivity index (χ2v) is 9.89. The normalized spacial score (nSPS) is 14.3. The number of carbonyl (C=O) groups excluding carboxylic acids is 2. The Morgan fingerprint density at radius 1 is 1.08 bits per heavy atom. The van der Waals surface area contributed by atoms with Gasteiger partial charge in [-0.2, -0.15) is 0 Å². The number of anilines is 2. The first-order valence-electron chi connectivity index (χ1n) is 11.1. The highest BCUT2D eigenvalue weighted by Crippen LogP contribution is 2.37. The minimum absolute atomic E-state index is 0.177. The fraction of sp³-hybridized carbons (Fsp3) is 0.148. The smallest absolute Gasteiger partial charge is 0.270 e. The Balaban J connectivity index is 1.48. The van der Waals surface area contributed by atoms with Gasteiger partial charge < -0.3 is 14.8 Å². The predicted octanol–water partition coefficient (Wildman–Crippen LogP) is 6.47. The van der Waals surface area contributed by atoms with Gasteiger partial charge in [0.05, 0.1) is 27.9 Å². The molecule has 0 bridgehead atoms. The van der Waals surface area contributed by atoms with Gasteiger partial charge in [0, 0.05) is 0 Å². The van der Waals surface area contributed by atoms with Gasteiger partial charge in [-0.1, -0.05) is 71.5 Å². The maximum Gasteiger partial charge on any atom is 0.270 e. The van der Waals surface area contributed by atoms with E-state index in [4.69, 9.17) is 33.3 Å². The van der Waals surface area contributed by atoms with E-state index in [1.54, 1.807) is 48.5 Å². The minimum atomic E-state index is -0.352. The molecule has 1 fully saturated rings. The van der Waals surface area contributed by atoms with Crippen molar-refractivity contribution in [2.45, 2.75) is 13.8 Å². The summed E-state index contributed by atoms with van der Waals surface area (Å²) in [5, 5.41) is 3.16. The Morgan fingerprint density at radius 3 is 2.56 bits per heavy atom. The molecule has 0 aliphatic carbocycles. The molecule has 1 heterocycles. The second kappa shape index (κ2) is 11.6. The SMILES string of the molecule is CCOc1cc(/C=C2\SC(=S)N(c3ccc(C)cc3)C2=O)ccc1OCC(=O)Nc1ccccc1Cl. The number of benzene rings is 3. The fourth-order valence-electron chi connectivity index (χ4n) is 3.43. The Bertz CT molecular complexity index is 1340. The first kappa shape index (κ1) is 25.8. The summed E-state index contributed by atoms with van der Waals surface area (Å²) in [6.45, 7) is 4.02. The Hall–Kier alpha value is -3.33. The number of halogens is 1. The topological polar surface area (TPSA) is 67.9 Å². The van der Waals surface area contributed by atoms with Gasteiger partial charge in [0.1, 0.15) is 0 Å². The molecule has 0 saturated carbocycles. The molecular weight excluding hydrogens is 516 g/mol. The van der Waals surface area contributed by atoms with Gasteiger partial charge in [-0.05, 0) is 61.9 Å². The number of hydrogen-bond acceptors (Lipinski definition) is 6. The van der Waals surface area contributed by atoms with E-state index in [2.05, 4.69) is 5.32 Å². The number of aryl methyl sites for hydroxylation is 1. The third-order valence-electron chi connectivity index (χ3n) is 5.16. The van der Waals surface area contributed by atoms with E-state index in [0.29, 0.717) is 38.0 Å². The van der Waals surface area contributed by atoms with E-state index >= 15 is 0 Å². The van der Waals surface area contributed by atoms with Crippen LogP contribution in [0.4, 0.5) is 11.4 Å². The summed E-state index contributed by atoms with van der Waals surface area (Å²) in [5.41, 5.74) is 3.10. The molecule has 0 radical (unpaired) electrons. The average Bonchev–Trinajstić information content (AvgIpc) is 3.13. The van der Waals surface area contributed by atoms with Crippen LogP contribution in [-0.4, -0.2) is 29.3 Å². The van der Waals surface area contributed by atoms with Crippen LogP contribution in [0.2, 0.25) is 5.02 Å². The number of carbonyl (C=O) groups is 2. The molecule has 0 atom stereocenters. The number of para-hydroxylation sites is 1. The van der Waals surface area contributed by atoms with Gasteiger partial charge in [-0.15, -0.1) is 0 Å². The number of thiocarbonyl (C=S) groups is 1. The van der Waals surface area contributed by atoms with E-state index in [-0.39, 0.29) is 18.4 Å². The van der Waals surface area contributed by atoms with Crippen molar-refractivity contribution in [2.75, 3.05) is 23.4 Å². The molecule has 4 rings (SSSR count). The lowest BCUT2D eigenvalue weighted by atomic mass is 10.1. The summed E-state index contributed by atoms with van der Waals surface area (Å²) in [7, 11) is 0. The molecular formula is C27H23ClN2O4S2. The molecule has 0 spiro atoms. The van der Waals surface area contributed by atoms with Crippen LogP contribution in [0, 0.1) is 6.92 Å². The zero-order valence-corrected chi connectivity index (χ0v) is 22.0. The van der Waals surface area contributed by atoms with Gasteiger partial charge in [-0.3, -0.25) is 14.5 Å². The Labute approximate surface area is 224 Å². The average molecular weight is 539 g/mol. The monoisotopic (exact) mass is 538 g/mol. The lowest BCUT2D eigenvalue weighted by Gasteiger charge is -2.14. The van der Waals surface area contributed by atoms with Crippen LogP contribution in [0.5, 0.6) is 11.5 Å². The summed E-state index contributed by atoms with van der Waals surface area (Å²) < 4.78 is 11.9. The van der Waals surface area contributed by atoms with Crippen molar-refractivity contribution in [1.82, 2.24) is 0 Å². The van der Waals surface area contributed by atoms with Crippen molar-refractivity contribution >= 4 is 69.2 Å². The van der Waals surface area contributed by atoms with Crippen molar-refractivity contribution < 1.29 is 19.1 Å². The third-order valence-corrected chi connectivity index (χ3v) is 6.79. The quantitative estimate of drug-likeness (QED) is 0.262. The fourth-order valence-corrected chi connectivity index (χ4v) is 4.91. The van der Waals surface area contributed by atoms with Crippen LogP contribution in [0.1, 0.15) is 18.1 Å². The predicted molar refractivity (Wildman–Crippen MR) is 150 cm³/mol. The highest BCUT2D eigenvalue weighted by molar-refractivity contribution is 8.27. The van der Waals surface area contributed by atoms with Crippen LogP contribution >= 0.6 is 35.6 Å². The van der Waals surface area contributed by atoms with E-state index in [1.807, 2.05) is 38.1 Å². The van der Waals surface area contributed by atoms with Gasteiger partial charge in [0.15, 0.2) is 22.4 Å². The number of rotatable bonds is 8. The van der Waals surface area contributed by atoms with Crippen molar-refractivity contribution in [3.8, 4) is 11.5 Å². The molecule has 1 aliphatic rings. The second-order valence-electron chi connectivity index (χ2n) is 7.81. The zero-order chi connectivity index (χ0) is 25.7. The highest BCUT2D eigenvalue weighted by atomic mass is 35.5. The van der Waals surface area contributed by atoms with Crippen molar-refractivity contribution in [1.29, 1.82) is 0 Å². The summed E-state index contributed by atoms with van der Waals surface area (Å²) in [4.78, 5) is 27.5. The third kappa shape index (κ3) is 6.07. The van der Waals surface area contributed by atoms with E-state index in [9.17, 15) is 9.59 Å². The van der Waals surface area contributed by atoms with Gasteiger partial charge >= 0.3 is 0 Å². The number of nitrogens with zero attached hydrogens (tertiary/aromatic N) is 1. The minimum Gasteiger partial charge on any atom is -0.490 e. The van der Waals surface area contributed by atoms with Crippen molar-refractivity contribution in [2.24, 2.45) is 0 Å². The molecule has 2 amide bonds. The van der Waals surface area contributed by atoms with E-state index < -0.39 is 0 Å². The lowest BCUT2D eigenvalue weighted by molar-refractivity contribution is -0.118. The van der Waals surface area contributed by atoms with Crippen molar-refractivity contribution in [3.05, 3.63) is 87.8 Å². The van der Waals surface area contributed by atoms with Crippen LogP contribution < -0.4 is 19.7 Å². The van der Waals surface area contributed by atoms with Crippen LogP contribution in [0.15, 0.2) is 71.6 Å². The lowest BCUT2D eigenvalue weighted by Crippen LogP contribution is -2.27. The number of thioether (sulfide) groups is 1. The van der Waals surface area contributed by atoms with Crippen LogP contribution in [-0.2, 0) is 9.59 Å². The first-order chi connectivity index (χ1) is 17.4.